The smallest absolute Gasteiger partial charge is 0.432 e. The van der Waals surface area contributed by atoms with E-state index in [2.05, 4.69) is 61.4 Å². The second kappa shape index (κ2) is 13.2. The summed E-state index contributed by atoms with van der Waals surface area (Å²) in [5, 5.41) is 14.8. The number of unbranched alkanes of at least 4 members (excludes halogenated alkanes) is 1. The predicted octanol–water partition coefficient (Wildman–Crippen LogP) is 5.81. The van der Waals surface area contributed by atoms with Gasteiger partial charge in [-0.15, -0.1) is 10.2 Å². The van der Waals surface area contributed by atoms with Crippen LogP contribution in [0.5, 0.6) is 0 Å². The maximum absolute atomic E-state index is 11.6. The first-order chi connectivity index (χ1) is 18.5. The van der Waals surface area contributed by atoms with Crippen molar-refractivity contribution in [3.63, 3.8) is 0 Å². The summed E-state index contributed by atoms with van der Waals surface area (Å²) in [6, 6.07) is 16.2. The number of aryl methyl sites for hydroxylation is 1. The van der Waals surface area contributed by atoms with Gasteiger partial charge in [-0.3, -0.25) is 0 Å². The number of tetrazole rings is 1. The van der Waals surface area contributed by atoms with Crippen molar-refractivity contribution in [2.45, 2.75) is 59.3 Å². The van der Waals surface area contributed by atoms with Crippen molar-refractivity contribution in [2.75, 3.05) is 6.79 Å². The van der Waals surface area contributed by atoms with Crippen molar-refractivity contribution >= 4 is 17.8 Å². The molecule has 1 N–H and O–H groups in total. The summed E-state index contributed by atoms with van der Waals surface area (Å²) in [6.45, 7) is 6.10. The molecule has 2 aromatic heterocycles. The molecule has 4 rings (SSSR count). The van der Waals surface area contributed by atoms with Crippen LogP contribution in [-0.2, 0) is 33.8 Å². The Morgan fingerprint density at radius 1 is 1.11 bits per heavy atom. The number of rotatable bonds is 12. The van der Waals surface area contributed by atoms with Crippen LogP contribution in [0, 0.1) is 0 Å². The fraction of sp³-hybridized carbons (Fsp3) is 0.370. The molecule has 0 bridgehead atoms. The lowest BCUT2D eigenvalue weighted by molar-refractivity contribution is -0.0587. The number of carbonyl (C=O) groups excluding carboxylic acids is 1. The van der Waals surface area contributed by atoms with Gasteiger partial charge in [0.05, 0.1) is 18.4 Å². The molecule has 11 heteroatoms. The van der Waals surface area contributed by atoms with Crippen LogP contribution in [0.25, 0.3) is 22.5 Å². The highest BCUT2D eigenvalue weighted by Crippen LogP contribution is 2.30. The van der Waals surface area contributed by atoms with E-state index in [0.29, 0.717) is 17.5 Å². The minimum atomic E-state index is -0.774. The molecule has 2 aromatic carbocycles. The summed E-state index contributed by atoms with van der Waals surface area (Å²) in [4.78, 5) is 16.2. The van der Waals surface area contributed by atoms with E-state index >= 15 is 0 Å². The molecule has 0 spiro atoms. The van der Waals surface area contributed by atoms with Gasteiger partial charge in [0.25, 0.3) is 0 Å². The maximum atomic E-state index is 11.6. The van der Waals surface area contributed by atoms with Gasteiger partial charge in [0, 0.05) is 18.5 Å². The van der Waals surface area contributed by atoms with E-state index in [1.54, 1.807) is 13.8 Å². The van der Waals surface area contributed by atoms with E-state index in [4.69, 9.17) is 25.8 Å². The fourth-order valence-electron chi connectivity index (χ4n) is 3.99. The van der Waals surface area contributed by atoms with Crippen molar-refractivity contribution in [2.24, 2.45) is 0 Å². The molecule has 0 unspecified atom stereocenters. The molecule has 0 saturated carbocycles. The molecule has 10 nitrogen and oxygen atoms in total. The largest absolute Gasteiger partial charge is 0.510 e. The van der Waals surface area contributed by atoms with E-state index < -0.39 is 6.16 Å². The zero-order valence-corrected chi connectivity index (χ0v) is 22.4. The van der Waals surface area contributed by atoms with Crippen LogP contribution < -0.4 is 0 Å². The van der Waals surface area contributed by atoms with Crippen molar-refractivity contribution in [3.05, 3.63) is 70.8 Å². The van der Waals surface area contributed by atoms with Crippen LogP contribution in [0.15, 0.2) is 48.5 Å². The van der Waals surface area contributed by atoms with Crippen molar-refractivity contribution in [1.29, 1.82) is 0 Å². The number of ether oxygens (including phenoxy) is 3. The quantitative estimate of drug-likeness (QED) is 0.136. The van der Waals surface area contributed by atoms with E-state index in [9.17, 15) is 4.79 Å². The van der Waals surface area contributed by atoms with Crippen LogP contribution in [0.3, 0.4) is 0 Å². The topological polar surface area (TPSA) is 117 Å². The Morgan fingerprint density at radius 2 is 1.87 bits per heavy atom. The monoisotopic (exact) mass is 538 g/mol. The third-order valence-corrected chi connectivity index (χ3v) is 6.11. The van der Waals surface area contributed by atoms with Gasteiger partial charge in [-0.1, -0.05) is 73.5 Å². The summed E-state index contributed by atoms with van der Waals surface area (Å²) < 4.78 is 17.6. The van der Waals surface area contributed by atoms with E-state index in [0.717, 1.165) is 53.0 Å². The standard InChI is InChI=1S/C27H31ClN6O4/c1-4-5-10-24-29-25(28)23(16-36-17-37-27(35)38-18(2)3)34(24)15-19-11-13-20(14-12-19)21-8-6-7-9-22(21)26-30-32-33-31-26/h6-9,11-14,18H,4-5,10,15-17H2,1-3H3,(H,30,31,32,33). The molecule has 0 saturated heterocycles. The lowest BCUT2D eigenvalue weighted by atomic mass is 9.98. The number of nitrogens with one attached hydrogen (secondary N) is 1. The Balaban J connectivity index is 1.51. The first-order valence-electron chi connectivity index (χ1n) is 12.5. The molecule has 0 aliphatic heterocycles. The summed E-state index contributed by atoms with van der Waals surface area (Å²) in [5.41, 5.74) is 4.76. The van der Waals surface area contributed by atoms with Gasteiger partial charge in [-0.05, 0) is 42.2 Å². The third kappa shape index (κ3) is 6.96. The second-order valence-corrected chi connectivity index (χ2v) is 9.32. The number of hydrogen-bond donors (Lipinski definition) is 1. The van der Waals surface area contributed by atoms with Gasteiger partial charge in [-0.2, -0.15) is 5.21 Å². The number of imidazole rings is 1. The number of nitrogens with zero attached hydrogens (tertiary/aromatic N) is 5. The van der Waals surface area contributed by atoms with E-state index in [1.807, 2.05) is 24.3 Å². The molecule has 0 aliphatic rings. The van der Waals surface area contributed by atoms with Gasteiger partial charge in [0.1, 0.15) is 5.82 Å². The van der Waals surface area contributed by atoms with Gasteiger partial charge >= 0.3 is 6.16 Å². The first kappa shape index (κ1) is 27.3. The molecule has 0 fully saturated rings. The Hall–Kier alpha value is -3.76. The molecule has 0 amide bonds. The first-order valence-corrected chi connectivity index (χ1v) is 12.9. The number of aromatic nitrogens is 6. The van der Waals surface area contributed by atoms with Gasteiger partial charge < -0.3 is 18.8 Å². The normalized spacial score (nSPS) is 11.2. The molecule has 0 radical (unpaired) electrons. The highest BCUT2D eigenvalue weighted by molar-refractivity contribution is 6.30. The Labute approximate surface area is 226 Å². The number of aromatic amines is 1. The zero-order chi connectivity index (χ0) is 26.9. The molecule has 200 valence electrons. The molecule has 0 aliphatic carbocycles. The summed E-state index contributed by atoms with van der Waals surface area (Å²) in [5.74, 6) is 1.44. The summed E-state index contributed by atoms with van der Waals surface area (Å²) in [6.07, 6.45) is 1.78. The number of benzene rings is 2. The van der Waals surface area contributed by atoms with Crippen LogP contribution in [-0.4, -0.2) is 49.2 Å². The molecular weight excluding hydrogens is 508 g/mol. The SMILES string of the molecule is CCCCc1nc(Cl)c(COCOC(=O)OC(C)C)n1Cc1ccc(-c2ccccc2-c2nn[nH]n2)cc1. The van der Waals surface area contributed by atoms with Gasteiger partial charge in [-0.25, -0.2) is 9.78 Å². The van der Waals surface area contributed by atoms with Crippen LogP contribution in [0.4, 0.5) is 4.79 Å². The predicted molar refractivity (Wildman–Crippen MR) is 142 cm³/mol. The van der Waals surface area contributed by atoms with E-state index in [1.165, 1.54) is 0 Å². The van der Waals surface area contributed by atoms with Crippen LogP contribution in [0.1, 0.15) is 50.7 Å². The van der Waals surface area contributed by atoms with Gasteiger partial charge in [0.2, 0.25) is 5.82 Å². The molecule has 38 heavy (non-hydrogen) atoms. The average Bonchev–Trinajstić information content (AvgIpc) is 3.54. The van der Waals surface area contributed by atoms with Crippen molar-refractivity contribution < 1.29 is 19.0 Å². The third-order valence-electron chi connectivity index (χ3n) is 5.81. The number of carbonyl (C=O) groups is 1. The zero-order valence-electron chi connectivity index (χ0n) is 21.7. The highest BCUT2D eigenvalue weighted by Gasteiger charge is 2.17. The molecular formula is C27H31ClN6O4. The minimum absolute atomic E-state index is 0.142. The number of halogens is 1. The second-order valence-electron chi connectivity index (χ2n) is 8.96. The fourth-order valence-corrected chi connectivity index (χ4v) is 4.24. The average molecular weight is 539 g/mol. The Bertz CT molecular complexity index is 1320. The van der Waals surface area contributed by atoms with Crippen LogP contribution >= 0.6 is 11.6 Å². The summed E-state index contributed by atoms with van der Waals surface area (Å²) in [7, 11) is 0. The lowest BCUT2D eigenvalue weighted by Crippen LogP contribution is -2.15. The molecule has 4 aromatic rings. The number of hydrogen-bond acceptors (Lipinski definition) is 8. The maximum Gasteiger partial charge on any atom is 0.510 e. The highest BCUT2D eigenvalue weighted by atomic mass is 35.5. The molecule has 0 atom stereocenters. The van der Waals surface area contributed by atoms with Crippen molar-refractivity contribution in [1.82, 2.24) is 30.2 Å². The molecule has 2 heterocycles. The van der Waals surface area contributed by atoms with Crippen LogP contribution in [0.2, 0.25) is 5.15 Å². The minimum Gasteiger partial charge on any atom is -0.432 e. The number of H-pyrrole nitrogens is 1. The van der Waals surface area contributed by atoms with E-state index in [-0.39, 0.29) is 19.5 Å². The van der Waals surface area contributed by atoms with Crippen molar-refractivity contribution in [3.8, 4) is 22.5 Å². The van der Waals surface area contributed by atoms with Gasteiger partial charge in [0.15, 0.2) is 11.9 Å². The Kier molecular flexibility index (Phi) is 9.45. The lowest BCUT2D eigenvalue weighted by Gasteiger charge is -2.14. The summed E-state index contributed by atoms with van der Waals surface area (Å²) >= 11 is 6.51. The Morgan fingerprint density at radius 3 is 2.55 bits per heavy atom.